The van der Waals surface area contributed by atoms with Crippen molar-refractivity contribution in [1.82, 2.24) is 19.1 Å². The van der Waals surface area contributed by atoms with Gasteiger partial charge in [-0.2, -0.15) is 13.2 Å². The highest BCUT2D eigenvalue weighted by atomic mass is 32.2. The summed E-state index contributed by atoms with van der Waals surface area (Å²) in [4.78, 5) is 20.3. The van der Waals surface area contributed by atoms with Crippen LogP contribution in [-0.2, 0) is 16.4 Å². The Labute approximate surface area is 185 Å². The van der Waals surface area contributed by atoms with Crippen LogP contribution in [0.3, 0.4) is 0 Å². The van der Waals surface area contributed by atoms with Crippen LogP contribution in [0, 0.1) is 0 Å². The molecule has 0 fully saturated rings. The minimum atomic E-state index is -5.53. The van der Waals surface area contributed by atoms with E-state index >= 15 is 0 Å². The maximum absolute atomic E-state index is 12.9. The summed E-state index contributed by atoms with van der Waals surface area (Å²) in [5.41, 5.74) is -4.13. The van der Waals surface area contributed by atoms with E-state index in [-0.39, 0.29) is 12.2 Å². The maximum Gasteiger partial charge on any atom is 0.501 e. The quantitative estimate of drug-likeness (QED) is 0.474. The van der Waals surface area contributed by atoms with Crippen molar-refractivity contribution in [3.63, 3.8) is 0 Å². The molecule has 3 aromatic heterocycles. The zero-order chi connectivity index (χ0) is 23.8. The average molecular weight is 476 g/mol. The van der Waals surface area contributed by atoms with Crippen molar-refractivity contribution in [3.05, 3.63) is 89.4 Å². The number of sulfone groups is 1. The Morgan fingerprint density at radius 2 is 1.73 bits per heavy atom. The number of imidazole rings is 1. The summed E-state index contributed by atoms with van der Waals surface area (Å²) in [6, 6.07) is 10.5. The monoisotopic (exact) mass is 476 g/mol. The highest BCUT2D eigenvalue weighted by Gasteiger charge is 2.46. The van der Waals surface area contributed by atoms with Gasteiger partial charge in [0.05, 0.1) is 29.0 Å². The van der Waals surface area contributed by atoms with Gasteiger partial charge in [0.15, 0.2) is 0 Å². The number of rotatable bonds is 5. The first-order valence-electron chi connectivity index (χ1n) is 9.37. The molecule has 4 rings (SSSR count). The van der Waals surface area contributed by atoms with E-state index in [4.69, 9.17) is 0 Å². The molecular weight excluding hydrogens is 461 g/mol. The molecule has 0 bridgehead atoms. The van der Waals surface area contributed by atoms with E-state index in [0.717, 1.165) is 28.8 Å². The minimum absolute atomic E-state index is 0.00273. The summed E-state index contributed by atoms with van der Waals surface area (Å²) >= 11 is 0. The topological polar surface area (TPSA) is 107 Å². The molecule has 0 saturated heterocycles. The number of hydrogen-bond acceptors (Lipinski definition) is 6. The Bertz CT molecular complexity index is 1460. The van der Waals surface area contributed by atoms with Crippen LogP contribution in [0.15, 0.2) is 83.0 Å². The largest absolute Gasteiger partial charge is 0.501 e. The zero-order valence-corrected chi connectivity index (χ0v) is 17.5. The minimum Gasteiger partial charge on any atom is -0.493 e. The summed E-state index contributed by atoms with van der Waals surface area (Å²) in [6.45, 7) is 0.0500. The highest BCUT2D eigenvalue weighted by Crippen LogP contribution is 2.31. The van der Waals surface area contributed by atoms with Gasteiger partial charge in [-0.1, -0.05) is 6.07 Å². The molecule has 33 heavy (non-hydrogen) atoms. The number of nitrogens with zero attached hydrogens (tertiary/aromatic N) is 4. The predicted molar refractivity (Wildman–Crippen MR) is 112 cm³/mol. The Kier molecular flexibility index (Phi) is 5.54. The van der Waals surface area contributed by atoms with Crippen molar-refractivity contribution in [3.8, 4) is 22.8 Å². The van der Waals surface area contributed by atoms with E-state index in [1.165, 1.54) is 10.8 Å². The summed E-state index contributed by atoms with van der Waals surface area (Å²) in [7, 11) is -5.53. The Morgan fingerprint density at radius 1 is 1.00 bits per heavy atom. The van der Waals surface area contributed by atoms with E-state index in [1.807, 2.05) is 0 Å². The zero-order valence-electron chi connectivity index (χ0n) is 16.6. The number of aromatic hydroxyl groups is 1. The van der Waals surface area contributed by atoms with Gasteiger partial charge in [0.25, 0.3) is 9.84 Å². The first-order valence-corrected chi connectivity index (χ1v) is 10.8. The van der Waals surface area contributed by atoms with E-state index in [2.05, 4.69) is 9.97 Å². The predicted octanol–water partition coefficient (Wildman–Crippen LogP) is 3.14. The van der Waals surface area contributed by atoms with Crippen LogP contribution in [0.1, 0.15) is 5.56 Å². The smallest absolute Gasteiger partial charge is 0.493 e. The van der Waals surface area contributed by atoms with Gasteiger partial charge in [-0.05, 0) is 48.0 Å². The van der Waals surface area contributed by atoms with Crippen molar-refractivity contribution in [1.29, 1.82) is 0 Å². The molecule has 0 amide bonds. The van der Waals surface area contributed by atoms with Crippen LogP contribution in [0.4, 0.5) is 13.2 Å². The normalized spacial score (nSPS) is 12.1. The van der Waals surface area contributed by atoms with Crippen LogP contribution in [-0.4, -0.2) is 38.1 Å². The van der Waals surface area contributed by atoms with Crippen LogP contribution < -0.4 is 5.69 Å². The van der Waals surface area contributed by atoms with Gasteiger partial charge in [-0.15, -0.1) is 0 Å². The molecule has 0 radical (unpaired) electrons. The molecular formula is C21H15F3N4O4S. The molecule has 0 atom stereocenters. The van der Waals surface area contributed by atoms with Crippen molar-refractivity contribution in [2.75, 3.05) is 0 Å². The summed E-state index contributed by atoms with van der Waals surface area (Å²) in [5.74, 6) is -0.472. The molecule has 1 N–H and O–H groups in total. The number of pyridine rings is 2. The molecule has 0 saturated carbocycles. The lowest BCUT2D eigenvalue weighted by molar-refractivity contribution is -0.0436. The molecule has 8 nitrogen and oxygen atoms in total. The second-order valence-electron chi connectivity index (χ2n) is 6.92. The van der Waals surface area contributed by atoms with E-state index in [1.54, 1.807) is 42.9 Å². The second kappa shape index (κ2) is 8.20. The van der Waals surface area contributed by atoms with Crippen LogP contribution in [0.2, 0.25) is 0 Å². The van der Waals surface area contributed by atoms with Crippen molar-refractivity contribution >= 4 is 9.84 Å². The molecule has 1 aromatic carbocycles. The molecule has 4 aromatic rings. The molecule has 3 heterocycles. The fourth-order valence-corrected chi connectivity index (χ4v) is 4.00. The molecule has 0 aliphatic carbocycles. The lowest BCUT2D eigenvalue weighted by atomic mass is 10.1. The molecule has 0 aliphatic heterocycles. The van der Waals surface area contributed by atoms with Gasteiger partial charge in [-0.25, -0.2) is 17.8 Å². The van der Waals surface area contributed by atoms with Crippen molar-refractivity contribution < 1.29 is 26.7 Å². The third kappa shape index (κ3) is 4.12. The van der Waals surface area contributed by atoms with Gasteiger partial charge in [-0.3, -0.25) is 14.5 Å². The van der Waals surface area contributed by atoms with Gasteiger partial charge in [0.2, 0.25) is 5.88 Å². The highest BCUT2D eigenvalue weighted by molar-refractivity contribution is 7.92. The standard InChI is InChI=1S/C21H15F3N4O4S/c22-21(23,24)33(31,32)16-6-4-15(5-7-16)28-19(29)13-27(20(28)30)12-14-8-10-25-11-17(14)18-3-1-2-9-26-18/h1-11,13,29H,12H2. The average Bonchev–Trinajstić information content (AvgIpc) is 3.07. The van der Waals surface area contributed by atoms with E-state index in [9.17, 15) is 31.5 Å². The number of aromatic nitrogens is 4. The molecule has 0 unspecified atom stereocenters. The van der Waals surface area contributed by atoms with E-state index in [0.29, 0.717) is 16.8 Å². The molecule has 170 valence electrons. The third-order valence-corrected chi connectivity index (χ3v) is 6.34. The van der Waals surface area contributed by atoms with Gasteiger partial charge in [0, 0.05) is 24.2 Å². The lowest BCUT2D eigenvalue weighted by Gasteiger charge is -2.09. The van der Waals surface area contributed by atoms with Crippen LogP contribution in [0.25, 0.3) is 16.9 Å². The maximum atomic E-state index is 12.9. The van der Waals surface area contributed by atoms with Gasteiger partial charge >= 0.3 is 11.2 Å². The Balaban J connectivity index is 1.70. The summed E-state index contributed by atoms with van der Waals surface area (Å²) in [6.07, 6.45) is 5.93. The molecule has 0 spiro atoms. The Hall–Kier alpha value is -3.93. The Morgan fingerprint density at radius 3 is 2.36 bits per heavy atom. The SMILES string of the molecule is O=c1n(Cc2ccncc2-c2ccccn2)cc(O)n1-c1ccc(S(=O)(=O)C(F)(F)F)cc1. The fraction of sp³-hybridized carbons (Fsp3) is 0.0952. The second-order valence-corrected chi connectivity index (χ2v) is 8.87. The molecule has 12 heteroatoms. The van der Waals surface area contributed by atoms with Crippen molar-refractivity contribution in [2.45, 2.75) is 16.9 Å². The lowest BCUT2D eigenvalue weighted by Crippen LogP contribution is -2.24. The van der Waals surface area contributed by atoms with Gasteiger partial charge < -0.3 is 5.11 Å². The summed E-state index contributed by atoms with van der Waals surface area (Å²) in [5, 5.41) is 10.3. The fourth-order valence-electron chi connectivity index (χ4n) is 3.24. The number of halogens is 3. The summed E-state index contributed by atoms with van der Waals surface area (Å²) < 4.78 is 63.4. The number of benzene rings is 1. The van der Waals surface area contributed by atoms with Crippen LogP contribution in [0.5, 0.6) is 5.88 Å². The molecule has 0 aliphatic rings. The number of alkyl halides is 3. The first-order chi connectivity index (χ1) is 15.6. The number of hydrogen-bond donors (Lipinski definition) is 1. The van der Waals surface area contributed by atoms with Crippen molar-refractivity contribution in [2.24, 2.45) is 0 Å². The van der Waals surface area contributed by atoms with Crippen LogP contribution >= 0.6 is 0 Å². The third-order valence-electron chi connectivity index (χ3n) is 4.84. The van der Waals surface area contributed by atoms with E-state index < -0.39 is 31.8 Å². The van der Waals surface area contributed by atoms with Gasteiger partial charge in [0.1, 0.15) is 0 Å². The first kappa shape index (κ1) is 22.3.